The molecule has 0 saturated heterocycles. The quantitative estimate of drug-likeness (QED) is 0.747. The van der Waals surface area contributed by atoms with Gasteiger partial charge >= 0.3 is 0 Å². The lowest BCUT2D eigenvalue weighted by atomic mass is 10.2. The van der Waals surface area contributed by atoms with Crippen LogP contribution < -0.4 is 4.74 Å². The number of hydrogen-bond acceptors (Lipinski definition) is 2. The Balaban J connectivity index is 2.31. The zero-order valence-electron chi connectivity index (χ0n) is 9.61. The topological polar surface area (TPSA) is 26.3 Å². The fourth-order valence-electron chi connectivity index (χ4n) is 1.52. The fraction of sp³-hybridized carbons (Fsp3) is 0.0714. The minimum absolute atomic E-state index is 0.397. The number of carbonyl (C=O) groups excluding carboxylic acids is 1. The first-order valence-corrected chi connectivity index (χ1v) is 6.04. The van der Waals surface area contributed by atoms with Crippen LogP contribution in [0.3, 0.4) is 0 Å². The Hall–Kier alpha value is -1.51. The van der Waals surface area contributed by atoms with E-state index in [9.17, 15) is 4.79 Å². The van der Waals surface area contributed by atoms with Crippen molar-refractivity contribution in [3.8, 4) is 11.5 Å². The minimum atomic E-state index is 0.397. The van der Waals surface area contributed by atoms with E-state index >= 15 is 0 Å². The van der Waals surface area contributed by atoms with E-state index in [-0.39, 0.29) is 0 Å². The number of benzene rings is 2. The van der Waals surface area contributed by atoms with Crippen LogP contribution in [-0.4, -0.2) is 6.29 Å². The zero-order chi connectivity index (χ0) is 13.1. The van der Waals surface area contributed by atoms with Gasteiger partial charge in [-0.2, -0.15) is 0 Å². The average molecular weight is 281 g/mol. The van der Waals surface area contributed by atoms with Crippen LogP contribution in [0.2, 0.25) is 10.0 Å². The first-order valence-electron chi connectivity index (χ1n) is 5.29. The van der Waals surface area contributed by atoms with E-state index in [2.05, 4.69) is 0 Å². The lowest BCUT2D eigenvalue weighted by Gasteiger charge is -2.10. The van der Waals surface area contributed by atoms with Crippen LogP contribution in [-0.2, 0) is 0 Å². The third-order valence-corrected chi connectivity index (χ3v) is 2.98. The van der Waals surface area contributed by atoms with E-state index in [1.807, 2.05) is 13.0 Å². The van der Waals surface area contributed by atoms with Gasteiger partial charge in [0.25, 0.3) is 0 Å². The van der Waals surface area contributed by atoms with Crippen LogP contribution >= 0.6 is 23.2 Å². The predicted molar refractivity (Wildman–Crippen MR) is 73.1 cm³/mol. The monoisotopic (exact) mass is 280 g/mol. The van der Waals surface area contributed by atoms with Gasteiger partial charge in [0.05, 0.1) is 5.02 Å². The Morgan fingerprint density at radius 1 is 1.06 bits per heavy atom. The van der Waals surface area contributed by atoms with Crippen LogP contribution in [0.15, 0.2) is 36.4 Å². The second-order valence-corrected chi connectivity index (χ2v) is 4.66. The van der Waals surface area contributed by atoms with Gasteiger partial charge in [-0.3, -0.25) is 4.79 Å². The van der Waals surface area contributed by atoms with Crippen molar-refractivity contribution in [2.75, 3.05) is 0 Å². The molecule has 2 nitrogen and oxygen atoms in total. The molecule has 0 unspecified atom stereocenters. The van der Waals surface area contributed by atoms with Gasteiger partial charge in [0.15, 0.2) is 0 Å². The van der Waals surface area contributed by atoms with Crippen LogP contribution in [0.25, 0.3) is 0 Å². The second-order valence-electron chi connectivity index (χ2n) is 3.82. The molecule has 0 bridgehead atoms. The van der Waals surface area contributed by atoms with Gasteiger partial charge in [-0.05, 0) is 48.9 Å². The first kappa shape index (κ1) is 12.9. The number of rotatable bonds is 3. The molecule has 2 rings (SSSR count). The highest BCUT2D eigenvalue weighted by Gasteiger charge is 2.06. The number of carbonyl (C=O) groups is 1. The van der Waals surface area contributed by atoms with Crippen molar-refractivity contribution in [2.45, 2.75) is 6.92 Å². The highest BCUT2D eigenvalue weighted by molar-refractivity contribution is 6.32. The molecule has 0 aliphatic heterocycles. The van der Waals surface area contributed by atoms with Gasteiger partial charge in [0.1, 0.15) is 17.8 Å². The van der Waals surface area contributed by atoms with Gasteiger partial charge in [-0.15, -0.1) is 0 Å². The van der Waals surface area contributed by atoms with Crippen LogP contribution in [0.4, 0.5) is 0 Å². The van der Waals surface area contributed by atoms with E-state index < -0.39 is 0 Å². The normalized spacial score (nSPS) is 10.2. The molecule has 2 aromatic rings. The number of aldehydes is 1. The summed E-state index contributed by atoms with van der Waals surface area (Å²) >= 11 is 11.9. The van der Waals surface area contributed by atoms with E-state index in [1.165, 1.54) is 0 Å². The highest BCUT2D eigenvalue weighted by atomic mass is 35.5. The summed E-state index contributed by atoms with van der Waals surface area (Å²) in [4.78, 5) is 10.6. The summed E-state index contributed by atoms with van der Waals surface area (Å²) < 4.78 is 5.69. The molecule has 4 heteroatoms. The summed E-state index contributed by atoms with van der Waals surface area (Å²) in [5.41, 5.74) is 1.43. The maximum absolute atomic E-state index is 10.6. The summed E-state index contributed by atoms with van der Waals surface area (Å²) in [6, 6.07) is 10.2. The Bertz CT molecular complexity index is 594. The molecule has 0 saturated carbocycles. The summed E-state index contributed by atoms with van der Waals surface area (Å²) in [6.45, 7) is 1.90. The standard InChI is InChI=1S/C14H10Cl2O2/c1-9-6-11(15)3-5-13(9)18-14-4-2-10(8-17)7-12(14)16/h2-8H,1H3. The zero-order valence-corrected chi connectivity index (χ0v) is 11.1. The first-order chi connectivity index (χ1) is 8.60. The number of ether oxygens (including phenoxy) is 1. The van der Waals surface area contributed by atoms with Gasteiger partial charge in [-0.25, -0.2) is 0 Å². The summed E-state index contributed by atoms with van der Waals surface area (Å²) in [6.07, 6.45) is 0.739. The molecule has 0 atom stereocenters. The number of aryl methyl sites for hydroxylation is 1. The van der Waals surface area contributed by atoms with Gasteiger partial charge in [0.2, 0.25) is 0 Å². The molecule has 0 N–H and O–H groups in total. The summed E-state index contributed by atoms with van der Waals surface area (Å²) in [5, 5.41) is 1.05. The molecule has 18 heavy (non-hydrogen) atoms. The van der Waals surface area contributed by atoms with E-state index in [1.54, 1.807) is 30.3 Å². The van der Waals surface area contributed by atoms with E-state index in [4.69, 9.17) is 27.9 Å². The van der Waals surface area contributed by atoms with Crippen molar-refractivity contribution in [3.05, 3.63) is 57.6 Å². The van der Waals surface area contributed by atoms with Crippen molar-refractivity contribution in [3.63, 3.8) is 0 Å². The smallest absolute Gasteiger partial charge is 0.150 e. The molecule has 92 valence electrons. The number of halogens is 2. The maximum atomic E-state index is 10.6. The van der Waals surface area contributed by atoms with Crippen LogP contribution in [0.1, 0.15) is 15.9 Å². The van der Waals surface area contributed by atoms with Crippen molar-refractivity contribution in [2.24, 2.45) is 0 Å². The average Bonchev–Trinajstić information content (AvgIpc) is 2.34. The van der Waals surface area contributed by atoms with Gasteiger partial charge < -0.3 is 4.74 Å². The lowest BCUT2D eigenvalue weighted by molar-refractivity contribution is 0.112. The lowest BCUT2D eigenvalue weighted by Crippen LogP contribution is -1.89. The molecule has 2 aromatic carbocycles. The van der Waals surface area contributed by atoms with Crippen molar-refractivity contribution >= 4 is 29.5 Å². The highest BCUT2D eigenvalue weighted by Crippen LogP contribution is 2.32. The van der Waals surface area contributed by atoms with Gasteiger partial charge in [-0.1, -0.05) is 23.2 Å². The molecule has 0 radical (unpaired) electrons. The Morgan fingerprint density at radius 2 is 1.78 bits per heavy atom. The van der Waals surface area contributed by atoms with Gasteiger partial charge in [0, 0.05) is 10.6 Å². The van der Waals surface area contributed by atoms with Crippen molar-refractivity contribution in [1.82, 2.24) is 0 Å². The van der Waals surface area contributed by atoms with Crippen molar-refractivity contribution in [1.29, 1.82) is 0 Å². The molecule has 0 amide bonds. The molecule has 0 heterocycles. The van der Waals surface area contributed by atoms with Crippen LogP contribution in [0.5, 0.6) is 11.5 Å². The van der Waals surface area contributed by atoms with E-state index in [0.717, 1.165) is 11.8 Å². The minimum Gasteiger partial charge on any atom is -0.456 e. The summed E-state index contributed by atoms with van der Waals surface area (Å²) in [5.74, 6) is 1.19. The molecular formula is C14H10Cl2O2. The molecule has 0 fully saturated rings. The SMILES string of the molecule is Cc1cc(Cl)ccc1Oc1ccc(C=O)cc1Cl. The fourth-order valence-corrected chi connectivity index (χ4v) is 1.97. The Labute approximate surface area is 115 Å². The third kappa shape index (κ3) is 2.84. The Morgan fingerprint density at radius 3 is 2.39 bits per heavy atom. The predicted octanol–water partition coefficient (Wildman–Crippen LogP) is 4.91. The molecule has 0 aliphatic rings. The number of hydrogen-bond donors (Lipinski definition) is 0. The van der Waals surface area contributed by atoms with Crippen LogP contribution in [0, 0.1) is 6.92 Å². The Kier molecular flexibility index (Phi) is 3.90. The molecule has 0 spiro atoms. The largest absolute Gasteiger partial charge is 0.456 e. The molecule has 0 aliphatic carbocycles. The second kappa shape index (κ2) is 5.42. The summed E-state index contributed by atoms with van der Waals surface area (Å²) in [7, 11) is 0. The molecule has 0 aromatic heterocycles. The van der Waals surface area contributed by atoms with Crippen molar-refractivity contribution < 1.29 is 9.53 Å². The third-order valence-electron chi connectivity index (χ3n) is 2.45. The molecular weight excluding hydrogens is 271 g/mol. The van der Waals surface area contributed by atoms with E-state index in [0.29, 0.717) is 27.1 Å². The maximum Gasteiger partial charge on any atom is 0.150 e.